The summed E-state index contributed by atoms with van der Waals surface area (Å²) in [5.41, 5.74) is 1.52. The highest BCUT2D eigenvalue weighted by Crippen LogP contribution is 2.41. The summed E-state index contributed by atoms with van der Waals surface area (Å²) in [5.74, 6) is 0.934. The number of carbonyl (C=O) groups is 1. The normalized spacial score (nSPS) is 34.3. The average molecular weight is 220 g/mol. The molecule has 0 aromatic rings. The molecule has 0 saturated carbocycles. The molecule has 0 unspecified atom stereocenters. The fraction of sp³-hybridized carbons (Fsp3) is 0.769. The van der Waals surface area contributed by atoms with Crippen molar-refractivity contribution in [1.82, 2.24) is 10.0 Å². The Morgan fingerprint density at radius 3 is 3.00 bits per heavy atom. The van der Waals surface area contributed by atoms with E-state index in [9.17, 15) is 4.79 Å². The number of amides is 1. The van der Waals surface area contributed by atoms with Gasteiger partial charge in [0.2, 0.25) is 5.91 Å². The van der Waals surface area contributed by atoms with Crippen LogP contribution in [0.5, 0.6) is 0 Å². The molecular weight excluding hydrogens is 200 g/mol. The van der Waals surface area contributed by atoms with Crippen LogP contribution in [-0.4, -0.2) is 34.6 Å². The molecule has 16 heavy (non-hydrogen) atoms. The van der Waals surface area contributed by atoms with Gasteiger partial charge in [-0.05, 0) is 30.8 Å². The van der Waals surface area contributed by atoms with Gasteiger partial charge in [-0.25, -0.2) is 5.01 Å². The zero-order valence-corrected chi connectivity index (χ0v) is 10.1. The third-order valence-corrected chi connectivity index (χ3v) is 4.12. The van der Waals surface area contributed by atoms with Crippen LogP contribution in [0.1, 0.15) is 39.5 Å². The maximum Gasteiger partial charge on any atom is 0.238 e. The van der Waals surface area contributed by atoms with Gasteiger partial charge in [0, 0.05) is 13.0 Å². The summed E-state index contributed by atoms with van der Waals surface area (Å²) in [6.45, 7) is 5.46. The SMILES string of the molecule is CC(C)[C@H]1C2=CCCC[C@@H]2N2C(=O)CCN12. The molecule has 0 N–H and O–H groups in total. The molecule has 3 nitrogen and oxygen atoms in total. The molecule has 0 aromatic carbocycles. The van der Waals surface area contributed by atoms with E-state index in [1.165, 1.54) is 18.4 Å². The van der Waals surface area contributed by atoms with E-state index in [0.717, 1.165) is 13.0 Å². The zero-order chi connectivity index (χ0) is 11.3. The summed E-state index contributed by atoms with van der Waals surface area (Å²) in [4.78, 5) is 11.9. The van der Waals surface area contributed by atoms with Crippen molar-refractivity contribution >= 4 is 5.91 Å². The Morgan fingerprint density at radius 1 is 1.44 bits per heavy atom. The summed E-state index contributed by atoms with van der Waals surface area (Å²) >= 11 is 0. The molecular formula is C13H20N2O. The number of hydrogen-bond acceptors (Lipinski definition) is 2. The van der Waals surface area contributed by atoms with Crippen LogP contribution >= 0.6 is 0 Å². The van der Waals surface area contributed by atoms with Gasteiger partial charge in [-0.2, -0.15) is 0 Å². The van der Waals surface area contributed by atoms with E-state index >= 15 is 0 Å². The van der Waals surface area contributed by atoms with E-state index in [1.807, 2.05) is 0 Å². The number of fused-ring (bicyclic) bond motifs is 3. The van der Waals surface area contributed by atoms with Crippen LogP contribution in [0.25, 0.3) is 0 Å². The van der Waals surface area contributed by atoms with E-state index in [4.69, 9.17) is 0 Å². The number of carbonyl (C=O) groups excluding carboxylic acids is 1. The summed E-state index contributed by atoms with van der Waals surface area (Å²) in [5, 5.41) is 4.39. The minimum Gasteiger partial charge on any atom is -0.273 e. The lowest BCUT2D eigenvalue weighted by Gasteiger charge is -2.28. The van der Waals surface area contributed by atoms with Crippen LogP contribution in [0.4, 0.5) is 0 Å². The molecule has 0 aromatic heterocycles. The third-order valence-electron chi connectivity index (χ3n) is 4.12. The maximum atomic E-state index is 11.9. The lowest BCUT2D eigenvalue weighted by atomic mass is 9.86. The van der Waals surface area contributed by atoms with Gasteiger partial charge in [0.1, 0.15) is 0 Å². The number of nitrogens with zero attached hydrogens (tertiary/aromatic N) is 2. The fourth-order valence-corrected chi connectivity index (χ4v) is 3.57. The van der Waals surface area contributed by atoms with Gasteiger partial charge in [-0.3, -0.25) is 9.80 Å². The lowest BCUT2D eigenvalue weighted by Crippen LogP contribution is -2.41. The minimum absolute atomic E-state index is 0.334. The van der Waals surface area contributed by atoms with Crippen LogP contribution in [-0.2, 0) is 4.79 Å². The second-order valence-electron chi connectivity index (χ2n) is 5.49. The first kappa shape index (κ1) is 10.3. The summed E-state index contributed by atoms with van der Waals surface area (Å²) in [7, 11) is 0. The van der Waals surface area contributed by atoms with E-state index < -0.39 is 0 Å². The highest BCUT2D eigenvalue weighted by molar-refractivity contribution is 5.79. The second kappa shape index (κ2) is 3.59. The molecule has 3 rings (SSSR count). The van der Waals surface area contributed by atoms with Crippen molar-refractivity contribution in [3.63, 3.8) is 0 Å². The Morgan fingerprint density at radius 2 is 2.25 bits per heavy atom. The van der Waals surface area contributed by atoms with E-state index in [-0.39, 0.29) is 0 Å². The first-order valence-corrected chi connectivity index (χ1v) is 6.48. The standard InChI is InChI=1S/C13H20N2O/c1-9(2)13-10-5-3-4-6-11(10)15-12(16)7-8-14(13)15/h5,9,11,13H,3-4,6-8H2,1-2H3/t11-,13-/m0/s1. The number of allylic oxidation sites excluding steroid dienone is 1. The van der Waals surface area contributed by atoms with Crippen molar-refractivity contribution < 1.29 is 4.79 Å². The average Bonchev–Trinajstić information content (AvgIpc) is 2.76. The molecule has 2 heterocycles. The first-order valence-electron chi connectivity index (χ1n) is 6.48. The number of rotatable bonds is 1. The molecule has 1 aliphatic carbocycles. The summed E-state index contributed by atoms with van der Waals surface area (Å²) in [6, 6.07) is 0.882. The van der Waals surface area contributed by atoms with Crippen molar-refractivity contribution in [1.29, 1.82) is 0 Å². The van der Waals surface area contributed by atoms with Crippen molar-refractivity contribution in [3.8, 4) is 0 Å². The molecule has 2 fully saturated rings. The Kier molecular flexibility index (Phi) is 2.32. The molecule has 0 bridgehead atoms. The van der Waals surface area contributed by atoms with Crippen LogP contribution in [0.15, 0.2) is 11.6 Å². The molecule has 1 amide bonds. The van der Waals surface area contributed by atoms with Gasteiger partial charge >= 0.3 is 0 Å². The summed E-state index contributed by atoms with van der Waals surface area (Å²) < 4.78 is 0. The largest absolute Gasteiger partial charge is 0.273 e. The van der Waals surface area contributed by atoms with Gasteiger partial charge in [0.25, 0.3) is 0 Å². The Hall–Kier alpha value is -0.830. The quantitative estimate of drug-likeness (QED) is 0.631. The molecule has 3 aliphatic rings. The van der Waals surface area contributed by atoms with Crippen molar-refractivity contribution in [2.45, 2.75) is 51.6 Å². The molecule has 2 aliphatic heterocycles. The van der Waals surface area contributed by atoms with Crippen molar-refractivity contribution in [3.05, 3.63) is 11.6 Å². The minimum atomic E-state index is 0.334. The molecule has 88 valence electrons. The predicted molar refractivity (Wildman–Crippen MR) is 62.5 cm³/mol. The van der Waals surface area contributed by atoms with Crippen LogP contribution in [0.2, 0.25) is 0 Å². The monoisotopic (exact) mass is 220 g/mol. The van der Waals surface area contributed by atoms with Gasteiger partial charge in [0.15, 0.2) is 0 Å². The summed E-state index contributed by atoms with van der Waals surface area (Å²) in [6.07, 6.45) is 6.70. The first-order chi connectivity index (χ1) is 7.70. The van der Waals surface area contributed by atoms with Gasteiger partial charge in [-0.15, -0.1) is 0 Å². The number of hydrazine groups is 1. The highest BCUT2D eigenvalue weighted by Gasteiger charge is 2.49. The van der Waals surface area contributed by atoms with E-state index in [1.54, 1.807) is 0 Å². The third kappa shape index (κ3) is 1.27. The molecule has 0 radical (unpaired) electrons. The van der Waals surface area contributed by atoms with Gasteiger partial charge < -0.3 is 0 Å². The van der Waals surface area contributed by atoms with Gasteiger partial charge in [-0.1, -0.05) is 19.9 Å². The highest BCUT2D eigenvalue weighted by atomic mass is 16.2. The zero-order valence-electron chi connectivity index (χ0n) is 10.1. The van der Waals surface area contributed by atoms with E-state index in [2.05, 4.69) is 29.9 Å². The second-order valence-corrected chi connectivity index (χ2v) is 5.49. The Labute approximate surface area is 97.1 Å². The lowest BCUT2D eigenvalue weighted by molar-refractivity contribution is -0.139. The van der Waals surface area contributed by atoms with Crippen LogP contribution < -0.4 is 0 Å². The van der Waals surface area contributed by atoms with E-state index in [0.29, 0.717) is 30.3 Å². The van der Waals surface area contributed by atoms with Crippen molar-refractivity contribution in [2.24, 2.45) is 5.92 Å². The van der Waals surface area contributed by atoms with Crippen molar-refractivity contribution in [2.75, 3.05) is 6.54 Å². The Bertz CT molecular complexity index is 348. The maximum absolute atomic E-state index is 11.9. The fourth-order valence-electron chi connectivity index (χ4n) is 3.57. The van der Waals surface area contributed by atoms with Crippen LogP contribution in [0.3, 0.4) is 0 Å². The molecule has 3 heteroatoms. The predicted octanol–water partition coefficient (Wildman–Crippen LogP) is 1.95. The smallest absolute Gasteiger partial charge is 0.238 e. The molecule has 2 saturated heterocycles. The topological polar surface area (TPSA) is 23.6 Å². The Balaban J connectivity index is 2.00. The molecule has 2 atom stereocenters. The van der Waals surface area contributed by atoms with Crippen LogP contribution in [0, 0.1) is 5.92 Å². The number of hydrogen-bond donors (Lipinski definition) is 0. The molecule has 0 spiro atoms. The van der Waals surface area contributed by atoms with Gasteiger partial charge in [0.05, 0.1) is 12.1 Å².